The van der Waals surface area contributed by atoms with Crippen LogP contribution in [0.4, 0.5) is 0 Å². The minimum atomic E-state index is -0.0786. The zero-order valence-corrected chi connectivity index (χ0v) is 9.73. The molecule has 1 nitrogen and oxygen atoms in total. The maximum absolute atomic E-state index is 11.8. The van der Waals surface area contributed by atoms with Gasteiger partial charge in [-0.3, -0.25) is 4.79 Å². The van der Waals surface area contributed by atoms with Crippen LogP contribution < -0.4 is 0 Å². The van der Waals surface area contributed by atoms with Gasteiger partial charge < -0.3 is 0 Å². The molecule has 0 aliphatic heterocycles. The van der Waals surface area contributed by atoms with Crippen molar-refractivity contribution in [1.29, 1.82) is 0 Å². The summed E-state index contributed by atoms with van der Waals surface area (Å²) in [5, 5.41) is 0. The van der Waals surface area contributed by atoms with Crippen LogP contribution in [0.2, 0.25) is 0 Å². The number of allylic oxidation sites excluding steroid dienone is 1. The first-order chi connectivity index (χ1) is 6.56. The maximum atomic E-state index is 11.8. The molecule has 1 aliphatic rings. The van der Waals surface area contributed by atoms with Gasteiger partial charge in [0.15, 0.2) is 0 Å². The summed E-state index contributed by atoms with van der Waals surface area (Å²) < 4.78 is 0. The molecule has 0 aromatic carbocycles. The Kier molecular flexibility index (Phi) is 3.18. The summed E-state index contributed by atoms with van der Waals surface area (Å²) in [5.41, 5.74) is -0.0151. The van der Waals surface area contributed by atoms with Crippen LogP contribution in [-0.4, -0.2) is 5.78 Å². The molecule has 0 spiro atoms. The molecule has 1 rings (SSSR count). The number of rotatable bonds is 5. The second-order valence-corrected chi connectivity index (χ2v) is 4.76. The summed E-state index contributed by atoms with van der Waals surface area (Å²) in [5.74, 6) is 0.454. The van der Waals surface area contributed by atoms with Crippen LogP contribution in [0.1, 0.15) is 52.9 Å². The van der Waals surface area contributed by atoms with Crippen LogP contribution in [0.5, 0.6) is 0 Å². The van der Waals surface area contributed by atoms with Crippen molar-refractivity contribution in [2.24, 2.45) is 10.8 Å². The SMILES string of the molecule is C=CC1(C)CC(=O)C1(CC)CCCC. The lowest BCUT2D eigenvalue weighted by atomic mass is 9.46. The molecule has 0 aromatic rings. The van der Waals surface area contributed by atoms with E-state index >= 15 is 0 Å². The van der Waals surface area contributed by atoms with Gasteiger partial charge in [-0.1, -0.05) is 39.7 Å². The van der Waals surface area contributed by atoms with Gasteiger partial charge in [0.1, 0.15) is 5.78 Å². The van der Waals surface area contributed by atoms with Crippen molar-refractivity contribution < 1.29 is 4.79 Å². The molecule has 0 heterocycles. The first-order valence-corrected chi connectivity index (χ1v) is 5.73. The standard InChI is InChI=1S/C13H22O/c1-5-8-9-13(7-3)11(14)10-12(13,4)6-2/h6H,2,5,7-10H2,1,3-4H3. The summed E-state index contributed by atoms with van der Waals surface area (Å²) in [6, 6.07) is 0. The molecule has 14 heavy (non-hydrogen) atoms. The molecular weight excluding hydrogens is 172 g/mol. The van der Waals surface area contributed by atoms with E-state index in [1.807, 2.05) is 6.08 Å². The number of ketones is 1. The number of hydrogen-bond donors (Lipinski definition) is 0. The van der Waals surface area contributed by atoms with Gasteiger partial charge in [0.2, 0.25) is 0 Å². The third-order valence-corrected chi connectivity index (χ3v) is 4.17. The maximum Gasteiger partial charge on any atom is 0.140 e. The van der Waals surface area contributed by atoms with Crippen LogP contribution in [-0.2, 0) is 4.79 Å². The van der Waals surface area contributed by atoms with Gasteiger partial charge in [0.25, 0.3) is 0 Å². The van der Waals surface area contributed by atoms with Crippen LogP contribution >= 0.6 is 0 Å². The van der Waals surface area contributed by atoms with Gasteiger partial charge in [-0.15, -0.1) is 6.58 Å². The van der Waals surface area contributed by atoms with E-state index in [4.69, 9.17) is 0 Å². The van der Waals surface area contributed by atoms with E-state index < -0.39 is 0 Å². The van der Waals surface area contributed by atoms with Gasteiger partial charge in [-0.05, 0) is 12.8 Å². The van der Waals surface area contributed by atoms with E-state index in [0.29, 0.717) is 12.2 Å². The Hall–Kier alpha value is -0.590. The highest BCUT2D eigenvalue weighted by Gasteiger charge is 2.59. The molecule has 0 N–H and O–H groups in total. The molecule has 2 unspecified atom stereocenters. The number of hydrogen-bond acceptors (Lipinski definition) is 1. The van der Waals surface area contributed by atoms with Crippen molar-refractivity contribution in [2.45, 2.75) is 52.9 Å². The Morgan fingerprint density at radius 3 is 2.50 bits per heavy atom. The Morgan fingerprint density at radius 2 is 2.14 bits per heavy atom. The second kappa shape index (κ2) is 3.88. The summed E-state index contributed by atoms with van der Waals surface area (Å²) in [6.45, 7) is 10.4. The largest absolute Gasteiger partial charge is 0.299 e. The third kappa shape index (κ3) is 1.34. The topological polar surface area (TPSA) is 17.1 Å². The average molecular weight is 194 g/mol. The lowest BCUT2D eigenvalue weighted by Gasteiger charge is -2.55. The van der Waals surface area contributed by atoms with Gasteiger partial charge in [0, 0.05) is 17.3 Å². The molecule has 2 atom stereocenters. The minimum Gasteiger partial charge on any atom is -0.299 e. The van der Waals surface area contributed by atoms with Gasteiger partial charge in [-0.2, -0.15) is 0 Å². The molecule has 0 amide bonds. The van der Waals surface area contributed by atoms with Crippen molar-refractivity contribution in [3.63, 3.8) is 0 Å². The van der Waals surface area contributed by atoms with Crippen molar-refractivity contribution in [3.8, 4) is 0 Å². The highest BCUT2D eigenvalue weighted by atomic mass is 16.1. The van der Waals surface area contributed by atoms with E-state index in [-0.39, 0.29) is 10.8 Å². The molecule has 80 valence electrons. The quantitative estimate of drug-likeness (QED) is 0.609. The van der Waals surface area contributed by atoms with E-state index in [2.05, 4.69) is 27.4 Å². The lowest BCUT2D eigenvalue weighted by Crippen LogP contribution is -2.56. The fourth-order valence-corrected chi connectivity index (χ4v) is 2.83. The molecule has 1 saturated carbocycles. The Balaban J connectivity index is 2.84. The van der Waals surface area contributed by atoms with E-state index in [1.54, 1.807) is 0 Å². The molecule has 1 aliphatic carbocycles. The van der Waals surface area contributed by atoms with E-state index in [1.165, 1.54) is 6.42 Å². The molecule has 0 radical (unpaired) electrons. The van der Waals surface area contributed by atoms with E-state index in [0.717, 1.165) is 19.3 Å². The van der Waals surface area contributed by atoms with Crippen molar-refractivity contribution in [1.82, 2.24) is 0 Å². The van der Waals surface area contributed by atoms with E-state index in [9.17, 15) is 4.79 Å². The summed E-state index contributed by atoms with van der Waals surface area (Å²) in [7, 11) is 0. The van der Waals surface area contributed by atoms with Crippen molar-refractivity contribution in [2.75, 3.05) is 0 Å². The van der Waals surface area contributed by atoms with Crippen LogP contribution in [0.3, 0.4) is 0 Å². The van der Waals surface area contributed by atoms with Gasteiger partial charge in [-0.25, -0.2) is 0 Å². The molecule has 0 saturated heterocycles. The van der Waals surface area contributed by atoms with Crippen LogP contribution in [0.25, 0.3) is 0 Å². The first kappa shape index (κ1) is 11.5. The predicted octanol–water partition coefficient (Wildman–Crippen LogP) is 3.74. The molecule has 0 aromatic heterocycles. The molecule has 1 fully saturated rings. The monoisotopic (exact) mass is 194 g/mol. The summed E-state index contributed by atoms with van der Waals surface area (Å²) in [4.78, 5) is 11.8. The number of Topliss-reactive ketones (excluding diaryl/α,β-unsaturated/α-hetero) is 1. The number of carbonyl (C=O) groups is 1. The van der Waals surface area contributed by atoms with Gasteiger partial charge in [0.05, 0.1) is 0 Å². The Bertz CT molecular complexity index is 244. The lowest BCUT2D eigenvalue weighted by molar-refractivity contribution is -0.154. The summed E-state index contributed by atoms with van der Waals surface area (Å²) >= 11 is 0. The van der Waals surface area contributed by atoms with Crippen LogP contribution in [0.15, 0.2) is 12.7 Å². The van der Waals surface area contributed by atoms with Gasteiger partial charge >= 0.3 is 0 Å². The molecule has 1 heteroatoms. The fourth-order valence-electron chi connectivity index (χ4n) is 2.83. The Morgan fingerprint density at radius 1 is 1.50 bits per heavy atom. The number of unbranched alkanes of at least 4 members (excludes halogenated alkanes) is 1. The van der Waals surface area contributed by atoms with Crippen molar-refractivity contribution >= 4 is 5.78 Å². The zero-order chi connectivity index (χ0) is 10.8. The third-order valence-electron chi connectivity index (χ3n) is 4.17. The zero-order valence-electron chi connectivity index (χ0n) is 9.73. The minimum absolute atomic E-state index is 0.0635. The molecular formula is C13H22O. The predicted molar refractivity (Wildman–Crippen MR) is 60.2 cm³/mol. The Labute approximate surface area is 87.6 Å². The number of carbonyl (C=O) groups excluding carboxylic acids is 1. The first-order valence-electron chi connectivity index (χ1n) is 5.73. The van der Waals surface area contributed by atoms with Crippen molar-refractivity contribution in [3.05, 3.63) is 12.7 Å². The smallest absolute Gasteiger partial charge is 0.140 e. The average Bonchev–Trinajstić information content (AvgIpc) is 2.18. The highest BCUT2D eigenvalue weighted by molar-refractivity contribution is 5.93. The highest BCUT2D eigenvalue weighted by Crippen LogP contribution is 2.59. The normalized spacial score (nSPS) is 36.6. The van der Waals surface area contributed by atoms with Crippen LogP contribution in [0, 0.1) is 10.8 Å². The fraction of sp³-hybridized carbons (Fsp3) is 0.769. The molecule has 0 bridgehead atoms. The second-order valence-electron chi connectivity index (χ2n) is 4.76. The summed E-state index contributed by atoms with van der Waals surface area (Å²) in [6.07, 6.45) is 7.03.